The van der Waals surface area contributed by atoms with E-state index in [1.54, 1.807) is 5.38 Å². The first-order valence-corrected chi connectivity index (χ1v) is 6.89. The summed E-state index contributed by atoms with van der Waals surface area (Å²) in [6.07, 6.45) is 0. The molecule has 0 aliphatic heterocycles. The summed E-state index contributed by atoms with van der Waals surface area (Å²) in [6.45, 7) is 1.86. The number of urea groups is 1. The van der Waals surface area contributed by atoms with Crippen LogP contribution in [0.1, 0.15) is 28.9 Å². The molecule has 2 aromatic rings. The van der Waals surface area contributed by atoms with Crippen LogP contribution in [0, 0.1) is 0 Å². The second-order valence-corrected chi connectivity index (χ2v) is 5.12. The van der Waals surface area contributed by atoms with Crippen molar-refractivity contribution in [3.63, 3.8) is 0 Å². The smallest absolute Gasteiger partial charge is 0.338 e. The van der Waals surface area contributed by atoms with E-state index < -0.39 is 12.0 Å². The molecule has 0 spiro atoms. The molecule has 1 aromatic heterocycles. The summed E-state index contributed by atoms with van der Waals surface area (Å²) >= 11 is 1.18. The lowest BCUT2D eigenvalue weighted by Crippen LogP contribution is -2.31. The zero-order valence-electron chi connectivity index (χ0n) is 10.8. The molecule has 6 heteroatoms. The molecule has 20 heavy (non-hydrogen) atoms. The van der Waals surface area contributed by atoms with Gasteiger partial charge in [-0.05, 0) is 23.9 Å². The number of hydrogen-bond donors (Lipinski definition) is 3. The highest BCUT2D eigenvalue weighted by atomic mass is 32.1. The van der Waals surface area contributed by atoms with Gasteiger partial charge in [0.2, 0.25) is 0 Å². The van der Waals surface area contributed by atoms with E-state index in [1.165, 1.54) is 17.4 Å². The Kier molecular flexibility index (Phi) is 4.37. The Balaban J connectivity index is 1.99. The standard InChI is InChI=1S/C14H14N2O3S/c1-9(10-5-3-2-4-6-10)15-14(19)16-12-11(13(17)18)7-8-20-12/h2-9H,1H3,(H,17,18)(H2,15,16,19)/t9-/m0/s1. The number of amides is 2. The number of aromatic carboxylic acids is 1. The van der Waals surface area contributed by atoms with E-state index in [0.29, 0.717) is 5.00 Å². The predicted octanol–water partition coefficient (Wildman–Crippen LogP) is 3.33. The van der Waals surface area contributed by atoms with Gasteiger partial charge >= 0.3 is 12.0 Å². The second kappa shape index (κ2) is 6.21. The number of benzene rings is 1. The molecule has 0 aliphatic rings. The van der Waals surface area contributed by atoms with E-state index in [9.17, 15) is 9.59 Å². The van der Waals surface area contributed by atoms with Crippen LogP contribution in [-0.2, 0) is 0 Å². The monoisotopic (exact) mass is 290 g/mol. The summed E-state index contributed by atoms with van der Waals surface area (Å²) in [6, 6.07) is 10.4. The number of anilines is 1. The number of rotatable bonds is 4. The lowest BCUT2D eigenvalue weighted by molar-refractivity contribution is 0.0698. The van der Waals surface area contributed by atoms with Gasteiger partial charge in [0.15, 0.2) is 0 Å². The summed E-state index contributed by atoms with van der Waals surface area (Å²) < 4.78 is 0. The molecule has 5 nitrogen and oxygen atoms in total. The highest BCUT2D eigenvalue weighted by Crippen LogP contribution is 2.23. The fourth-order valence-corrected chi connectivity index (χ4v) is 2.51. The molecule has 0 saturated heterocycles. The van der Waals surface area contributed by atoms with Gasteiger partial charge in [-0.25, -0.2) is 9.59 Å². The van der Waals surface area contributed by atoms with E-state index in [0.717, 1.165) is 5.56 Å². The van der Waals surface area contributed by atoms with E-state index in [2.05, 4.69) is 10.6 Å². The molecule has 0 saturated carbocycles. The van der Waals surface area contributed by atoms with Crippen molar-refractivity contribution in [2.45, 2.75) is 13.0 Å². The minimum atomic E-state index is -1.06. The van der Waals surface area contributed by atoms with Crippen molar-refractivity contribution in [2.75, 3.05) is 5.32 Å². The molecule has 104 valence electrons. The Labute approximate surface area is 120 Å². The highest BCUT2D eigenvalue weighted by Gasteiger charge is 2.15. The third kappa shape index (κ3) is 3.36. The van der Waals surface area contributed by atoms with Crippen LogP contribution in [-0.4, -0.2) is 17.1 Å². The minimum Gasteiger partial charge on any atom is -0.478 e. The van der Waals surface area contributed by atoms with Crippen molar-refractivity contribution in [3.05, 3.63) is 52.9 Å². The summed E-state index contributed by atoms with van der Waals surface area (Å²) in [4.78, 5) is 22.8. The highest BCUT2D eigenvalue weighted by molar-refractivity contribution is 7.14. The third-order valence-corrected chi connectivity index (χ3v) is 3.60. The number of nitrogens with one attached hydrogen (secondary N) is 2. The molecule has 3 N–H and O–H groups in total. The van der Waals surface area contributed by atoms with Crippen LogP contribution < -0.4 is 10.6 Å². The van der Waals surface area contributed by atoms with Gasteiger partial charge in [0, 0.05) is 0 Å². The van der Waals surface area contributed by atoms with Crippen LogP contribution in [0.2, 0.25) is 0 Å². The Hall–Kier alpha value is -2.34. The Morgan fingerprint density at radius 3 is 2.55 bits per heavy atom. The normalized spacial score (nSPS) is 11.7. The van der Waals surface area contributed by atoms with Crippen molar-refractivity contribution in [2.24, 2.45) is 0 Å². The molecule has 1 heterocycles. The quantitative estimate of drug-likeness (QED) is 0.808. The molecule has 0 radical (unpaired) electrons. The predicted molar refractivity (Wildman–Crippen MR) is 78.3 cm³/mol. The number of carboxylic acids is 1. The molecule has 0 fully saturated rings. The Morgan fingerprint density at radius 2 is 1.90 bits per heavy atom. The maximum absolute atomic E-state index is 11.9. The summed E-state index contributed by atoms with van der Waals surface area (Å²) in [5, 5.41) is 16.2. The fraction of sp³-hybridized carbons (Fsp3) is 0.143. The van der Waals surface area contributed by atoms with Gasteiger partial charge < -0.3 is 10.4 Å². The van der Waals surface area contributed by atoms with Gasteiger partial charge in [0.1, 0.15) is 5.00 Å². The lowest BCUT2D eigenvalue weighted by Gasteiger charge is -2.14. The van der Waals surface area contributed by atoms with Crippen molar-refractivity contribution < 1.29 is 14.7 Å². The lowest BCUT2D eigenvalue weighted by atomic mass is 10.1. The van der Waals surface area contributed by atoms with Crippen LogP contribution in [0.5, 0.6) is 0 Å². The molecular formula is C14H14N2O3S. The Morgan fingerprint density at radius 1 is 1.20 bits per heavy atom. The van der Waals surface area contributed by atoms with Crippen molar-refractivity contribution >= 4 is 28.3 Å². The average molecular weight is 290 g/mol. The van der Waals surface area contributed by atoms with Gasteiger partial charge in [-0.1, -0.05) is 30.3 Å². The molecule has 0 bridgehead atoms. The summed E-state index contributed by atoms with van der Waals surface area (Å²) in [5.41, 5.74) is 1.07. The van der Waals surface area contributed by atoms with E-state index in [4.69, 9.17) is 5.11 Å². The van der Waals surface area contributed by atoms with Crippen LogP contribution in [0.25, 0.3) is 0 Å². The van der Waals surface area contributed by atoms with Gasteiger partial charge in [-0.3, -0.25) is 5.32 Å². The van der Waals surface area contributed by atoms with Crippen molar-refractivity contribution in [3.8, 4) is 0 Å². The van der Waals surface area contributed by atoms with Gasteiger partial charge in [-0.2, -0.15) is 0 Å². The molecule has 2 amide bonds. The average Bonchev–Trinajstić information content (AvgIpc) is 2.87. The molecule has 2 rings (SSSR count). The second-order valence-electron chi connectivity index (χ2n) is 4.20. The number of carbonyl (C=O) groups excluding carboxylic acids is 1. The fourth-order valence-electron chi connectivity index (χ4n) is 1.74. The number of carboxylic acid groups (broad SMARTS) is 1. The van der Waals surface area contributed by atoms with Crippen LogP contribution >= 0.6 is 11.3 Å². The first kappa shape index (κ1) is 14.1. The van der Waals surface area contributed by atoms with Gasteiger partial charge in [-0.15, -0.1) is 11.3 Å². The number of carbonyl (C=O) groups is 2. The number of hydrogen-bond acceptors (Lipinski definition) is 3. The first-order valence-electron chi connectivity index (χ1n) is 6.01. The maximum atomic E-state index is 11.9. The van der Waals surface area contributed by atoms with E-state index in [1.807, 2.05) is 37.3 Å². The maximum Gasteiger partial charge on any atom is 0.338 e. The van der Waals surface area contributed by atoms with Crippen molar-refractivity contribution in [1.29, 1.82) is 0 Å². The zero-order valence-corrected chi connectivity index (χ0v) is 11.6. The van der Waals surface area contributed by atoms with Gasteiger partial charge in [0.25, 0.3) is 0 Å². The zero-order chi connectivity index (χ0) is 14.5. The van der Waals surface area contributed by atoms with Gasteiger partial charge in [0.05, 0.1) is 11.6 Å². The summed E-state index contributed by atoms with van der Waals surface area (Å²) in [5.74, 6) is -1.06. The van der Waals surface area contributed by atoms with E-state index >= 15 is 0 Å². The van der Waals surface area contributed by atoms with Crippen LogP contribution in [0.4, 0.5) is 9.80 Å². The summed E-state index contributed by atoms with van der Waals surface area (Å²) in [7, 11) is 0. The van der Waals surface area contributed by atoms with E-state index in [-0.39, 0.29) is 11.6 Å². The van der Waals surface area contributed by atoms with Crippen LogP contribution in [0.3, 0.4) is 0 Å². The van der Waals surface area contributed by atoms with Crippen LogP contribution in [0.15, 0.2) is 41.8 Å². The molecule has 0 aliphatic carbocycles. The Bertz CT molecular complexity index is 610. The third-order valence-electron chi connectivity index (χ3n) is 2.77. The molecule has 1 atom stereocenters. The van der Waals surface area contributed by atoms with Crippen molar-refractivity contribution in [1.82, 2.24) is 5.32 Å². The SMILES string of the molecule is C[C@H](NC(=O)Nc1sccc1C(=O)O)c1ccccc1. The molecular weight excluding hydrogens is 276 g/mol. The number of thiophene rings is 1. The topological polar surface area (TPSA) is 78.4 Å². The first-order chi connectivity index (χ1) is 9.58. The largest absolute Gasteiger partial charge is 0.478 e. The minimum absolute atomic E-state index is 0.0949. The molecule has 0 unspecified atom stereocenters. The molecule has 1 aromatic carbocycles.